The Labute approximate surface area is 249 Å². The molecule has 2 unspecified atom stereocenters. The standard InChI is InChI=1S/C31H38N6O6/c1-4-18(3)23(16-38)37-27(29(40)32-17-36-22-9-7-6-8-21(22)34-35-36)31-15-14-24(43-31)25(26(31)30(37)41)28(39)33-19-10-12-20(13-11-19)42-5-2/h6-13,18,23-27,38H,4-5,14-17H2,1-3H3,(H,32,40)(H,33,39)/t18-,23-,24+,25-,26-,27?,31?/m0/s1. The molecule has 12 nitrogen and oxygen atoms in total. The Balaban J connectivity index is 1.29. The van der Waals surface area contributed by atoms with Gasteiger partial charge in [0.15, 0.2) is 0 Å². The number of aliphatic hydroxyl groups excluding tert-OH is 1. The first-order valence-corrected chi connectivity index (χ1v) is 15.0. The number of ether oxygens (including phenoxy) is 2. The van der Waals surface area contributed by atoms with Crippen LogP contribution in [0, 0.1) is 17.8 Å². The van der Waals surface area contributed by atoms with Crippen molar-refractivity contribution in [2.45, 2.75) is 70.5 Å². The monoisotopic (exact) mass is 590 g/mol. The molecule has 3 saturated heterocycles. The number of hydrogen-bond donors (Lipinski definition) is 3. The van der Waals surface area contributed by atoms with Crippen LogP contribution in [-0.4, -0.2) is 79.7 Å². The molecule has 3 fully saturated rings. The fraction of sp³-hybridized carbons (Fsp3) is 0.516. The van der Waals surface area contributed by atoms with E-state index in [1.54, 1.807) is 28.9 Å². The Morgan fingerprint density at radius 2 is 1.93 bits per heavy atom. The highest BCUT2D eigenvalue weighted by atomic mass is 16.5. The maximum Gasteiger partial charge on any atom is 0.247 e. The molecule has 0 radical (unpaired) electrons. The van der Waals surface area contributed by atoms with Gasteiger partial charge in [-0.1, -0.05) is 37.6 Å². The highest BCUT2D eigenvalue weighted by molar-refractivity contribution is 6.02. The lowest BCUT2D eigenvalue weighted by molar-refractivity contribution is -0.146. The summed E-state index contributed by atoms with van der Waals surface area (Å²) in [6, 6.07) is 12.9. The van der Waals surface area contributed by atoms with E-state index >= 15 is 0 Å². The normalized spacial score (nSPS) is 27.3. The molecule has 4 heterocycles. The van der Waals surface area contributed by atoms with Crippen LogP contribution in [0.2, 0.25) is 0 Å². The number of nitrogens with zero attached hydrogens (tertiary/aromatic N) is 4. The highest BCUT2D eigenvalue weighted by Crippen LogP contribution is 2.59. The molecule has 3 aromatic rings. The summed E-state index contributed by atoms with van der Waals surface area (Å²) in [5.74, 6) is -2.10. The number of likely N-dealkylation sites (tertiary alicyclic amines) is 1. The first-order chi connectivity index (χ1) is 20.8. The van der Waals surface area contributed by atoms with E-state index in [2.05, 4.69) is 20.9 Å². The number of nitrogens with one attached hydrogen (secondary N) is 2. The number of anilines is 1. The zero-order chi connectivity index (χ0) is 30.3. The van der Waals surface area contributed by atoms with E-state index in [-0.39, 0.29) is 31.0 Å². The summed E-state index contributed by atoms with van der Waals surface area (Å²) < 4.78 is 13.6. The number of fused-ring (bicyclic) bond motifs is 2. The highest BCUT2D eigenvalue weighted by Gasteiger charge is 2.75. The summed E-state index contributed by atoms with van der Waals surface area (Å²) in [6.07, 6.45) is 1.20. The average molecular weight is 591 g/mol. The van der Waals surface area contributed by atoms with E-state index in [0.717, 1.165) is 5.52 Å². The number of aromatic nitrogens is 3. The molecule has 43 heavy (non-hydrogen) atoms. The predicted octanol–water partition coefficient (Wildman–Crippen LogP) is 2.32. The lowest BCUT2D eigenvalue weighted by Crippen LogP contribution is -2.59. The molecule has 3 aliphatic rings. The van der Waals surface area contributed by atoms with Crippen LogP contribution in [0.1, 0.15) is 40.0 Å². The third-order valence-electron chi connectivity index (χ3n) is 9.39. The molecule has 7 atom stereocenters. The smallest absolute Gasteiger partial charge is 0.247 e. The molecule has 0 saturated carbocycles. The number of para-hydroxylation sites is 1. The van der Waals surface area contributed by atoms with Gasteiger partial charge in [-0.05, 0) is 62.1 Å². The van der Waals surface area contributed by atoms with Crippen molar-refractivity contribution in [2.24, 2.45) is 17.8 Å². The van der Waals surface area contributed by atoms with Crippen LogP contribution in [0.25, 0.3) is 11.0 Å². The van der Waals surface area contributed by atoms with Gasteiger partial charge in [-0.25, -0.2) is 4.68 Å². The average Bonchev–Trinajstić information content (AvgIpc) is 3.77. The van der Waals surface area contributed by atoms with E-state index in [9.17, 15) is 19.5 Å². The third kappa shape index (κ3) is 4.82. The summed E-state index contributed by atoms with van der Waals surface area (Å²) in [7, 11) is 0. The summed E-state index contributed by atoms with van der Waals surface area (Å²) in [4.78, 5) is 43.7. The van der Waals surface area contributed by atoms with Crippen LogP contribution < -0.4 is 15.4 Å². The van der Waals surface area contributed by atoms with E-state index in [0.29, 0.717) is 42.8 Å². The zero-order valence-corrected chi connectivity index (χ0v) is 24.6. The molecule has 12 heteroatoms. The van der Waals surface area contributed by atoms with Crippen molar-refractivity contribution < 1.29 is 29.0 Å². The molecule has 1 aromatic heterocycles. The first kappa shape index (κ1) is 29.1. The second-order valence-corrected chi connectivity index (χ2v) is 11.7. The zero-order valence-electron chi connectivity index (χ0n) is 24.6. The van der Waals surface area contributed by atoms with Crippen LogP contribution >= 0.6 is 0 Å². The molecular formula is C31H38N6O6. The van der Waals surface area contributed by atoms with Gasteiger partial charge >= 0.3 is 0 Å². The number of carbonyl (C=O) groups is 3. The fourth-order valence-electron chi connectivity index (χ4n) is 7.17. The molecular weight excluding hydrogens is 552 g/mol. The van der Waals surface area contributed by atoms with Crippen LogP contribution in [0.4, 0.5) is 5.69 Å². The lowest BCUT2D eigenvalue weighted by atomic mass is 9.70. The third-order valence-corrected chi connectivity index (χ3v) is 9.39. The van der Waals surface area contributed by atoms with Gasteiger partial charge in [0, 0.05) is 5.69 Å². The molecule has 228 valence electrons. The molecule has 6 rings (SSSR count). The van der Waals surface area contributed by atoms with Gasteiger partial charge in [-0.2, -0.15) is 0 Å². The summed E-state index contributed by atoms with van der Waals surface area (Å²) in [5, 5.41) is 24.7. The van der Waals surface area contributed by atoms with Gasteiger partial charge in [0.2, 0.25) is 17.7 Å². The number of aliphatic hydroxyl groups is 1. The van der Waals surface area contributed by atoms with E-state index in [4.69, 9.17) is 9.47 Å². The number of amides is 3. The Morgan fingerprint density at radius 3 is 2.65 bits per heavy atom. The Bertz CT molecular complexity index is 1510. The van der Waals surface area contributed by atoms with Crippen molar-refractivity contribution in [1.29, 1.82) is 0 Å². The summed E-state index contributed by atoms with van der Waals surface area (Å²) in [6.45, 7) is 6.09. The van der Waals surface area contributed by atoms with Crippen molar-refractivity contribution in [3.63, 3.8) is 0 Å². The van der Waals surface area contributed by atoms with Crippen molar-refractivity contribution in [1.82, 2.24) is 25.2 Å². The largest absolute Gasteiger partial charge is 0.494 e. The van der Waals surface area contributed by atoms with Gasteiger partial charge in [0.1, 0.15) is 29.6 Å². The van der Waals surface area contributed by atoms with Crippen molar-refractivity contribution in [2.75, 3.05) is 18.5 Å². The fourth-order valence-corrected chi connectivity index (χ4v) is 7.17. The van der Waals surface area contributed by atoms with Gasteiger partial charge in [-0.15, -0.1) is 5.10 Å². The molecule has 3 amide bonds. The number of benzene rings is 2. The van der Waals surface area contributed by atoms with E-state index in [1.165, 1.54) is 4.90 Å². The van der Waals surface area contributed by atoms with Gasteiger partial charge in [0.25, 0.3) is 0 Å². The van der Waals surface area contributed by atoms with Crippen LogP contribution in [0.15, 0.2) is 48.5 Å². The summed E-state index contributed by atoms with van der Waals surface area (Å²) >= 11 is 0. The Kier molecular flexibility index (Phi) is 7.82. The molecule has 2 aromatic carbocycles. The molecule has 1 spiro atoms. The van der Waals surface area contributed by atoms with Crippen molar-refractivity contribution >= 4 is 34.4 Å². The SMILES string of the molecule is CCOc1ccc(NC(=O)[C@@H]2[C@H]3C(=O)N([C@@H](CO)[C@@H](C)CC)C(C(=O)NCn4nnc5ccccc54)C34CC[C@H]2O4)cc1. The minimum Gasteiger partial charge on any atom is -0.494 e. The second-order valence-electron chi connectivity index (χ2n) is 11.7. The van der Waals surface area contributed by atoms with Crippen molar-refractivity contribution in [3.8, 4) is 5.75 Å². The minimum atomic E-state index is -1.18. The van der Waals surface area contributed by atoms with Gasteiger partial charge < -0.3 is 30.1 Å². The summed E-state index contributed by atoms with van der Waals surface area (Å²) in [5.41, 5.74) is 0.854. The minimum absolute atomic E-state index is 0.0385. The van der Waals surface area contributed by atoms with Gasteiger partial charge in [0.05, 0.1) is 42.7 Å². The van der Waals surface area contributed by atoms with Crippen LogP contribution in [0.5, 0.6) is 5.75 Å². The first-order valence-electron chi connectivity index (χ1n) is 15.0. The number of carbonyl (C=O) groups excluding carboxylic acids is 3. The molecule has 0 aliphatic carbocycles. The maximum atomic E-state index is 14.3. The molecule has 2 bridgehead atoms. The Hall–Kier alpha value is -4.03. The maximum absolute atomic E-state index is 14.3. The number of hydrogen-bond acceptors (Lipinski definition) is 8. The van der Waals surface area contributed by atoms with Crippen molar-refractivity contribution in [3.05, 3.63) is 48.5 Å². The topological polar surface area (TPSA) is 148 Å². The lowest BCUT2D eigenvalue weighted by Gasteiger charge is -2.38. The van der Waals surface area contributed by atoms with Crippen LogP contribution in [-0.2, 0) is 25.8 Å². The quantitative estimate of drug-likeness (QED) is 0.308. The number of rotatable bonds is 11. The predicted molar refractivity (Wildman–Crippen MR) is 157 cm³/mol. The van der Waals surface area contributed by atoms with E-state index < -0.39 is 41.5 Å². The van der Waals surface area contributed by atoms with Crippen LogP contribution in [0.3, 0.4) is 0 Å². The Morgan fingerprint density at radius 1 is 1.16 bits per heavy atom. The molecule has 3 N–H and O–H groups in total. The van der Waals surface area contributed by atoms with Gasteiger partial charge in [-0.3, -0.25) is 14.4 Å². The second kappa shape index (κ2) is 11.6. The molecule has 3 aliphatic heterocycles. The van der Waals surface area contributed by atoms with E-state index in [1.807, 2.05) is 45.0 Å².